The van der Waals surface area contributed by atoms with Crippen molar-refractivity contribution in [2.24, 2.45) is 5.73 Å². The monoisotopic (exact) mass is 365 g/mol. The summed E-state index contributed by atoms with van der Waals surface area (Å²) < 4.78 is 0. The predicted octanol–water partition coefficient (Wildman–Crippen LogP) is 4.28. The normalized spacial score (nSPS) is 10.7. The van der Waals surface area contributed by atoms with Crippen LogP contribution in [-0.4, -0.2) is 16.8 Å². The Morgan fingerprint density at radius 1 is 1.04 bits per heavy atom. The Hall–Kier alpha value is -2.99. The van der Waals surface area contributed by atoms with Crippen LogP contribution in [0.4, 0.5) is 5.69 Å². The first-order valence-electron chi connectivity index (χ1n) is 8.21. The molecule has 26 heavy (non-hydrogen) atoms. The van der Waals surface area contributed by atoms with Crippen LogP contribution in [0.5, 0.6) is 0 Å². The van der Waals surface area contributed by atoms with Crippen molar-refractivity contribution in [2.45, 2.75) is 19.8 Å². The lowest BCUT2D eigenvalue weighted by Gasteiger charge is -2.05. The molecular weight excluding hydrogens is 346 g/mol. The smallest absolute Gasteiger partial charge is 0.275 e. The number of amides is 2. The van der Waals surface area contributed by atoms with E-state index >= 15 is 0 Å². The second kappa shape index (κ2) is 7.49. The van der Waals surface area contributed by atoms with Gasteiger partial charge in [-0.3, -0.25) is 9.59 Å². The topological polar surface area (TPSA) is 85.1 Å². The van der Waals surface area contributed by atoms with Crippen molar-refractivity contribution in [1.82, 2.24) is 4.98 Å². The van der Waals surface area contributed by atoms with E-state index in [4.69, 9.17) is 5.73 Å². The minimum absolute atomic E-state index is 0.293. The molecule has 1 heterocycles. The first-order chi connectivity index (χ1) is 12.4. The largest absolute Gasteiger partial charge is 0.366 e. The van der Waals surface area contributed by atoms with Gasteiger partial charge in [0.05, 0.1) is 0 Å². The van der Waals surface area contributed by atoms with Crippen LogP contribution in [0.2, 0.25) is 0 Å². The molecular formula is C20H19N3O2S. The van der Waals surface area contributed by atoms with Crippen LogP contribution in [-0.2, 0) is 0 Å². The number of anilines is 1. The molecule has 3 rings (SSSR count). The van der Waals surface area contributed by atoms with Crippen LogP contribution >= 0.6 is 11.3 Å². The maximum Gasteiger partial charge on any atom is 0.275 e. The highest BCUT2D eigenvalue weighted by atomic mass is 32.1. The molecule has 0 atom stereocenters. The lowest BCUT2D eigenvalue weighted by atomic mass is 10.0. The van der Waals surface area contributed by atoms with Crippen molar-refractivity contribution in [3.05, 3.63) is 70.7 Å². The first-order valence-corrected chi connectivity index (χ1v) is 9.09. The number of carbonyl (C=O) groups is 2. The van der Waals surface area contributed by atoms with Crippen molar-refractivity contribution < 1.29 is 9.59 Å². The minimum atomic E-state index is -0.504. The van der Waals surface area contributed by atoms with Gasteiger partial charge in [0, 0.05) is 22.2 Å². The summed E-state index contributed by atoms with van der Waals surface area (Å²) in [6.45, 7) is 4.30. The molecule has 0 radical (unpaired) electrons. The second-order valence-electron chi connectivity index (χ2n) is 6.21. The molecule has 0 saturated carbocycles. The van der Waals surface area contributed by atoms with Crippen molar-refractivity contribution in [3.8, 4) is 10.6 Å². The summed E-state index contributed by atoms with van der Waals surface area (Å²) in [5.41, 5.74) is 8.79. The Bertz CT molecular complexity index is 928. The van der Waals surface area contributed by atoms with E-state index in [0.29, 0.717) is 22.9 Å². The Balaban J connectivity index is 1.72. The summed E-state index contributed by atoms with van der Waals surface area (Å²) in [5.74, 6) is -0.323. The maximum atomic E-state index is 12.4. The summed E-state index contributed by atoms with van der Waals surface area (Å²) >= 11 is 1.43. The van der Waals surface area contributed by atoms with E-state index in [1.807, 2.05) is 12.1 Å². The van der Waals surface area contributed by atoms with Crippen molar-refractivity contribution in [1.29, 1.82) is 0 Å². The van der Waals surface area contributed by atoms with Gasteiger partial charge in [-0.25, -0.2) is 4.98 Å². The Morgan fingerprint density at radius 3 is 2.27 bits per heavy atom. The molecule has 5 nitrogen and oxygen atoms in total. The van der Waals surface area contributed by atoms with Gasteiger partial charge < -0.3 is 11.1 Å². The molecule has 2 aromatic carbocycles. The van der Waals surface area contributed by atoms with E-state index in [9.17, 15) is 9.59 Å². The lowest BCUT2D eigenvalue weighted by molar-refractivity contribution is 0.0998. The number of primary amides is 1. The predicted molar refractivity (Wildman–Crippen MR) is 105 cm³/mol. The zero-order valence-corrected chi connectivity index (χ0v) is 15.3. The summed E-state index contributed by atoms with van der Waals surface area (Å²) in [5, 5.41) is 5.30. The Labute approximate surface area is 155 Å². The summed E-state index contributed by atoms with van der Waals surface area (Å²) in [6.07, 6.45) is 0. The van der Waals surface area contributed by atoms with Crippen LogP contribution in [0.3, 0.4) is 0 Å². The van der Waals surface area contributed by atoms with Gasteiger partial charge in [-0.2, -0.15) is 0 Å². The number of nitrogens with zero attached hydrogens (tertiary/aromatic N) is 1. The molecule has 0 aliphatic carbocycles. The molecule has 0 unspecified atom stereocenters. The number of hydrogen-bond donors (Lipinski definition) is 2. The van der Waals surface area contributed by atoms with Crippen LogP contribution < -0.4 is 11.1 Å². The Morgan fingerprint density at radius 2 is 1.69 bits per heavy atom. The Kier molecular flexibility index (Phi) is 5.14. The van der Waals surface area contributed by atoms with E-state index in [0.717, 1.165) is 10.6 Å². The fraction of sp³-hybridized carbons (Fsp3) is 0.150. The molecule has 1 aromatic heterocycles. The third-order valence-corrected chi connectivity index (χ3v) is 4.88. The van der Waals surface area contributed by atoms with E-state index in [2.05, 4.69) is 36.3 Å². The van der Waals surface area contributed by atoms with Crippen molar-refractivity contribution in [2.75, 3.05) is 5.32 Å². The number of benzene rings is 2. The quantitative estimate of drug-likeness (QED) is 0.707. The molecule has 0 bridgehead atoms. The summed E-state index contributed by atoms with van der Waals surface area (Å²) in [6, 6.07) is 14.6. The lowest BCUT2D eigenvalue weighted by Crippen LogP contribution is -2.13. The zero-order chi connectivity index (χ0) is 18.7. The van der Waals surface area contributed by atoms with Gasteiger partial charge in [0.15, 0.2) is 0 Å². The van der Waals surface area contributed by atoms with Crippen LogP contribution in [0.15, 0.2) is 53.9 Å². The summed E-state index contributed by atoms with van der Waals surface area (Å²) in [4.78, 5) is 27.9. The third-order valence-electron chi connectivity index (χ3n) is 3.99. The highest BCUT2D eigenvalue weighted by molar-refractivity contribution is 7.13. The van der Waals surface area contributed by atoms with Gasteiger partial charge in [-0.1, -0.05) is 38.1 Å². The average Bonchev–Trinajstić information content (AvgIpc) is 3.12. The van der Waals surface area contributed by atoms with Gasteiger partial charge in [0.25, 0.3) is 5.91 Å². The number of carbonyl (C=O) groups excluding carboxylic acids is 2. The summed E-state index contributed by atoms with van der Waals surface area (Å²) in [7, 11) is 0. The number of rotatable bonds is 5. The molecule has 0 aliphatic heterocycles. The third kappa shape index (κ3) is 3.97. The van der Waals surface area contributed by atoms with Gasteiger partial charge >= 0.3 is 0 Å². The zero-order valence-electron chi connectivity index (χ0n) is 14.5. The van der Waals surface area contributed by atoms with Crippen molar-refractivity contribution in [3.63, 3.8) is 0 Å². The highest BCUT2D eigenvalue weighted by Crippen LogP contribution is 2.26. The molecule has 3 aromatic rings. The number of hydrogen-bond acceptors (Lipinski definition) is 4. The van der Waals surface area contributed by atoms with Crippen LogP contribution in [0.25, 0.3) is 10.6 Å². The van der Waals surface area contributed by atoms with E-state index in [1.165, 1.54) is 16.9 Å². The second-order valence-corrected chi connectivity index (χ2v) is 7.07. The number of aromatic nitrogens is 1. The van der Waals surface area contributed by atoms with E-state index in [-0.39, 0.29) is 5.91 Å². The highest BCUT2D eigenvalue weighted by Gasteiger charge is 2.13. The minimum Gasteiger partial charge on any atom is -0.366 e. The number of thiazole rings is 1. The molecule has 132 valence electrons. The van der Waals surface area contributed by atoms with Crippen molar-refractivity contribution >= 4 is 28.8 Å². The first kappa shape index (κ1) is 17.8. The molecule has 3 N–H and O–H groups in total. The molecule has 0 aliphatic rings. The van der Waals surface area contributed by atoms with Gasteiger partial charge in [0.1, 0.15) is 10.7 Å². The molecule has 0 spiro atoms. The van der Waals surface area contributed by atoms with E-state index in [1.54, 1.807) is 29.6 Å². The van der Waals surface area contributed by atoms with Gasteiger partial charge in [0.2, 0.25) is 5.91 Å². The number of nitrogens with one attached hydrogen (secondary N) is 1. The number of nitrogens with two attached hydrogens (primary N) is 1. The van der Waals surface area contributed by atoms with Crippen LogP contribution in [0.1, 0.15) is 46.2 Å². The standard InChI is InChI=1S/C20H19N3O2S/c1-12(2)13-3-5-15(6-4-13)20-23-17(11-26-20)19(25)22-16-9-7-14(8-10-16)18(21)24/h3-12H,1-2H3,(H2,21,24)(H,22,25). The fourth-order valence-corrected chi connectivity index (χ4v) is 3.24. The molecule has 0 saturated heterocycles. The van der Waals surface area contributed by atoms with E-state index < -0.39 is 5.91 Å². The molecule has 0 fully saturated rings. The van der Waals surface area contributed by atoms with Gasteiger partial charge in [-0.05, 0) is 35.7 Å². The van der Waals surface area contributed by atoms with Crippen LogP contribution in [0, 0.1) is 0 Å². The SMILES string of the molecule is CC(C)c1ccc(-c2nc(C(=O)Nc3ccc(C(N)=O)cc3)cs2)cc1. The maximum absolute atomic E-state index is 12.4. The average molecular weight is 365 g/mol. The molecule has 2 amide bonds. The van der Waals surface area contributed by atoms with Gasteiger partial charge in [-0.15, -0.1) is 11.3 Å². The molecule has 6 heteroatoms. The fourth-order valence-electron chi connectivity index (χ4n) is 2.43.